The molecule has 0 saturated heterocycles. The van der Waals surface area contributed by atoms with Crippen LogP contribution in [0.3, 0.4) is 0 Å². The molecule has 5 heteroatoms. The molecule has 0 saturated carbocycles. The van der Waals surface area contributed by atoms with Crippen LogP contribution in [-0.2, 0) is 18.3 Å². The summed E-state index contributed by atoms with van der Waals surface area (Å²) < 4.78 is 1.86. The first-order valence-corrected chi connectivity index (χ1v) is 6.38. The molecule has 5 nitrogen and oxygen atoms in total. The number of carboxylic acids is 1. The minimum atomic E-state index is -0.846. The summed E-state index contributed by atoms with van der Waals surface area (Å²) in [6.07, 6.45) is 1.90. The Kier molecular flexibility index (Phi) is 2.82. The van der Waals surface area contributed by atoms with Crippen molar-refractivity contribution in [2.24, 2.45) is 7.05 Å². The molecule has 2 aromatic heterocycles. The molecule has 0 bridgehead atoms. The molecule has 0 amide bonds. The average Bonchev–Trinajstić information content (AvgIpc) is 2.94. The fourth-order valence-electron chi connectivity index (χ4n) is 2.56. The van der Waals surface area contributed by atoms with Crippen molar-refractivity contribution in [2.75, 3.05) is 0 Å². The molecule has 3 aromatic rings. The van der Waals surface area contributed by atoms with Gasteiger partial charge in [-0.1, -0.05) is 18.2 Å². The summed E-state index contributed by atoms with van der Waals surface area (Å²) in [7, 11) is 1.86. The number of fused-ring (bicyclic) bond motifs is 1. The van der Waals surface area contributed by atoms with Crippen LogP contribution >= 0.6 is 0 Å². The van der Waals surface area contributed by atoms with Crippen LogP contribution in [0.25, 0.3) is 22.3 Å². The van der Waals surface area contributed by atoms with Gasteiger partial charge in [0, 0.05) is 29.7 Å². The number of aromatic amines is 1. The minimum Gasteiger partial charge on any atom is -0.481 e. The summed E-state index contributed by atoms with van der Waals surface area (Å²) in [5.41, 5.74) is 3.53. The van der Waals surface area contributed by atoms with Gasteiger partial charge in [0.05, 0.1) is 17.8 Å². The largest absolute Gasteiger partial charge is 0.481 e. The van der Waals surface area contributed by atoms with Gasteiger partial charge in [-0.25, -0.2) is 4.98 Å². The second kappa shape index (κ2) is 4.52. The van der Waals surface area contributed by atoms with Crippen LogP contribution in [0.4, 0.5) is 0 Å². The van der Waals surface area contributed by atoms with Gasteiger partial charge in [-0.3, -0.25) is 4.79 Å². The number of carboxylic acid groups (broad SMARTS) is 1. The molecule has 1 aromatic carbocycles. The van der Waals surface area contributed by atoms with Crippen LogP contribution in [0.2, 0.25) is 0 Å². The van der Waals surface area contributed by atoms with Crippen LogP contribution in [0.15, 0.2) is 30.5 Å². The Hall–Kier alpha value is -2.56. The lowest BCUT2D eigenvalue weighted by Gasteiger charge is -2.04. The zero-order valence-electron chi connectivity index (χ0n) is 11.3. The number of aromatic nitrogens is 3. The summed E-state index contributed by atoms with van der Waals surface area (Å²) in [5.74, 6) is -0.0576. The van der Waals surface area contributed by atoms with Crippen LogP contribution in [0.5, 0.6) is 0 Å². The Labute approximate surface area is 115 Å². The highest BCUT2D eigenvalue weighted by molar-refractivity contribution is 5.94. The van der Waals surface area contributed by atoms with E-state index in [4.69, 9.17) is 5.11 Å². The molecule has 0 fully saturated rings. The number of rotatable bonds is 3. The Bertz CT molecular complexity index is 799. The Morgan fingerprint density at radius 2 is 2.15 bits per heavy atom. The van der Waals surface area contributed by atoms with Crippen LogP contribution in [-0.4, -0.2) is 25.6 Å². The maximum Gasteiger partial charge on any atom is 0.309 e. The first-order chi connectivity index (χ1) is 9.58. The predicted molar refractivity (Wildman–Crippen MR) is 76.6 cm³/mol. The lowest BCUT2D eigenvalue weighted by atomic mass is 10.1. The lowest BCUT2D eigenvalue weighted by molar-refractivity contribution is -0.136. The molecule has 3 rings (SSSR count). The zero-order chi connectivity index (χ0) is 14.3. The van der Waals surface area contributed by atoms with Gasteiger partial charge in [-0.15, -0.1) is 0 Å². The van der Waals surface area contributed by atoms with E-state index in [0.717, 1.165) is 33.7 Å². The minimum absolute atomic E-state index is 0.0162. The van der Waals surface area contributed by atoms with E-state index < -0.39 is 5.97 Å². The number of nitrogens with one attached hydrogen (secondary N) is 1. The van der Waals surface area contributed by atoms with E-state index in [9.17, 15) is 4.79 Å². The fourth-order valence-corrected chi connectivity index (χ4v) is 2.56. The molecular weight excluding hydrogens is 254 g/mol. The molecule has 102 valence electrons. The quantitative estimate of drug-likeness (QED) is 0.767. The summed E-state index contributed by atoms with van der Waals surface area (Å²) in [4.78, 5) is 18.7. The topological polar surface area (TPSA) is 70.9 Å². The van der Waals surface area contributed by atoms with Gasteiger partial charge in [0.1, 0.15) is 5.82 Å². The first-order valence-electron chi connectivity index (χ1n) is 6.38. The monoisotopic (exact) mass is 269 g/mol. The Balaban J connectivity index is 2.18. The molecule has 0 aliphatic heterocycles. The standard InChI is InChI=1S/C15H15N3O2/c1-9-13(7-14(19)20)18(2)15(17-9)11-8-16-12-6-4-3-5-10(11)12/h3-6,8,16H,7H2,1-2H3,(H,19,20). The van der Waals surface area contributed by atoms with Gasteiger partial charge >= 0.3 is 5.97 Å². The third-order valence-electron chi connectivity index (χ3n) is 3.56. The Morgan fingerprint density at radius 3 is 2.90 bits per heavy atom. The van der Waals surface area contributed by atoms with Crippen molar-refractivity contribution in [2.45, 2.75) is 13.3 Å². The number of aryl methyl sites for hydroxylation is 1. The van der Waals surface area contributed by atoms with Crippen LogP contribution in [0, 0.1) is 6.92 Å². The van der Waals surface area contributed by atoms with Gasteiger partial charge in [0.25, 0.3) is 0 Å². The number of hydrogen-bond donors (Lipinski definition) is 2. The summed E-state index contributed by atoms with van der Waals surface area (Å²) >= 11 is 0. The van der Waals surface area contributed by atoms with Gasteiger partial charge in [-0.2, -0.15) is 0 Å². The Morgan fingerprint density at radius 1 is 1.40 bits per heavy atom. The number of H-pyrrole nitrogens is 1. The van der Waals surface area contributed by atoms with Crippen molar-refractivity contribution in [3.05, 3.63) is 41.9 Å². The van der Waals surface area contributed by atoms with E-state index in [2.05, 4.69) is 9.97 Å². The summed E-state index contributed by atoms with van der Waals surface area (Å²) in [6.45, 7) is 1.84. The lowest BCUT2D eigenvalue weighted by Crippen LogP contribution is -2.07. The zero-order valence-corrected chi connectivity index (χ0v) is 11.3. The van der Waals surface area contributed by atoms with E-state index in [-0.39, 0.29) is 6.42 Å². The third kappa shape index (κ3) is 1.87. The van der Waals surface area contributed by atoms with Crippen molar-refractivity contribution in [1.82, 2.24) is 14.5 Å². The number of carbonyl (C=O) groups is 1. The number of hydrogen-bond acceptors (Lipinski definition) is 2. The van der Waals surface area contributed by atoms with Gasteiger partial charge in [-0.05, 0) is 13.0 Å². The number of imidazole rings is 1. The van der Waals surface area contributed by atoms with Crippen molar-refractivity contribution < 1.29 is 9.90 Å². The second-order valence-corrected chi connectivity index (χ2v) is 4.84. The number of aliphatic carboxylic acids is 1. The normalized spacial score (nSPS) is 11.1. The fraction of sp³-hybridized carbons (Fsp3) is 0.200. The average molecular weight is 269 g/mol. The van der Waals surface area contributed by atoms with Crippen molar-refractivity contribution in [3.63, 3.8) is 0 Å². The molecule has 2 heterocycles. The third-order valence-corrected chi connectivity index (χ3v) is 3.56. The molecule has 0 aliphatic rings. The SMILES string of the molecule is Cc1nc(-c2c[nH]c3ccccc23)n(C)c1CC(=O)O. The van der Waals surface area contributed by atoms with E-state index in [1.54, 1.807) is 0 Å². The highest BCUT2D eigenvalue weighted by Crippen LogP contribution is 2.29. The maximum atomic E-state index is 10.9. The first kappa shape index (κ1) is 12.5. The van der Waals surface area contributed by atoms with E-state index >= 15 is 0 Å². The van der Waals surface area contributed by atoms with Crippen molar-refractivity contribution >= 4 is 16.9 Å². The van der Waals surface area contributed by atoms with Gasteiger partial charge < -0.3 is 14.7 Å². The van der Waals surface area contributed by atoms with E-state index in [1.165, 1.54) is 0 Å². The van der Waals surface area contributed by atoms with Gasteiger partial charge in [0.2, 0.25) is 0 Å². The van der Waals surface area contributed by atoms with Crippen LogP contribution < -0.4 is 0 Å². The molecule has 20 heavy (non-hydrogen) atoms. The van der Waals surface area contributed by atoms with Gasteiger partial charge in [0.15, 0.2) is 0 Å². The molecular formula is C15H15N3O2. The predicted octanol–water partition coefficient (Wildman–Crippen LogP) is 2.50. The summed E-state index contributed by atoms with van der Waals surface area (Å²) in [5, 5.41) is 10.1. The molecule has 0 radical (unpaired) electrons. The number of nitrogens with zero attached hydrogens (tertiary/aromatic N) is 2. The highest BCUT2D eigenvalue weighted by Gasteiger charge is 2.17. The number of benzene rings is 1. The smallest absolute Gasteiger partial charge is 0.309 e. The molecule has 0 aliphatic carbocycles. The molecule has 0 atom stereocenters. The highest BCUT2D eigenvalue weighted by atomic mass is 16.4. The van der Waals surface area contributed by atoms with E-state index in [0.29, 0.717) is 0 Å². The van der Waals surface area contributed by atoms with E-state index in [1.807, 2.05) is 49.0 Å². The molecule has 0 unspecified atom stereocenters. The van der Waals surface area contributed by atoms with Crippen LogP contribution in [0.1, 0.15) is 11.4 Å². The number of para-hydroxylation sites is 1. The van der Waals surface area contributed by atoms with Crippen molar-refractivity contribution in [1.29, 1.82) is 0 Å². The molecule has 0 spiro atoms. The maximum absolute atomic E-state index is 10.9. The second-order valence-electron chi connectivity index (χ2n) is 4.84. The molecule has 2 N–H and O–H groups in total. The summed E-state index contributed by atoms with van der Waals surface area (Å²) in [6, 6.07) is 7.99. The van der Waals surface area contributed by atoms with Crippen molar-refractivity contribution in [3.8, 4) is 11.4 Å².